The van der Waals surface area contributed by atoms with Gasteiger partial charge >= 0.3 is 0 Å². The van der Waals surface area contributed by atoms with Gasteiger partial charge in [0.25, 0.3) is 5.91 Å². The van der Waals surface area contributed by atoms with Gasteiger partial charge in [-0.2, -0.15) is 0 Å². The molecule has 7 heteroatoms. The van der Waals surface area contributed by atoms with Crippen LogP contribution in [0.4, 0.5) is 11.5 Å². The maximum atomic E-state index is 12.1. The van der Waals surface area contributed by atoms with Crippen molar-refractivity contribution >= 4 is 29.0 Å². The average Bonchev–Trinajstić information content (AvgIpc) is 2.49. The summed E-state index contributed by atoms with van der Waals surface area (Å²) in [5.41, 5.74) is 3.39. The second kappa shape index (κ2) is 6.23. The third-order valence-electron chi connectivity index (χ3n) is 2.58. The van der Waals surface area contributed by atoms with E-state index in [-0.39, 0.29) is 5.91 Å². The first-order valence-electron chi connectivity index (χ1n) is 5.71. The van der Waals surface area contributed by atoms with Crippen molar-refractivity contribution in [2.75, 3.05) is 17.9 Å². The zero-order chi connectivity index (χ0) is 14.5. The van der Waals surface area contributed by atoms with E-state index in [0.717, 1.165) is 0 Å². The molecule has 1 heterocycles. The Kier molecular flexibility index (Phi) is 4.39. The number of nitrogen functional groups attached to an aromatic ring is 1. The van der Waals surface area contributed by atoms with Crippen LogP contribution in [0.2, 0.25) is 5.02 Å². The molecule has 0 radical (unpaired) electrons. The van der Waals surface area contributed by atoms with E-state index in [1.54, 1.807) is 30.3 Å². The van der Waals surface area contributed by atoms with Crippen molar-refractivity contribution in [3.05, 3.63) is 47.1 Å². The molecule has 1 aromatic carbocycles. The summed E-state index contributed by atoms with van der Waals surface area (Å²) in [7, 11) is 1.51. The fraction of sp³-hybridized carbons (Fsp3) is 0.0769. The molecule has 0 saturated heterocycles. The van der Waals surface area contributed by atoms with E-state index in [0.29, 0.717) is 27.8 Å². The maximum absolute atomic E-state index is 12.1. The maximum Gasteiger partial charge on any atom is 0.255 e. The van der Waals surface area contributed by atoms with Gasteiger partial charge in [0.2, 0.25) is 0 Å². The van der Waals surface area contributed by atoms with E-state index in [1.807, 2.05) is 0 Å². The second-order valence-corrected chi connectivity index (χ2v) is 4.28. The molecule has 20 heavy (non-hydrogen) atoms. The van der Waals surface area contributed by atoms with Gasteiger partial charge in [0, 0.05) is 23.5 Å². The van der Waals surface area contributed by atoms with E-state index in [9.17, 15) is 4.79 Å². The number of benzene rings is 1. The number of ether oxygens (including phenoxy) is 1. The third kappa shape index (κ3) is 3.17. The highest BCUT2D eigenvalue weighted by atomic mass is 35.5. The molecule has 4 N–H and O–H groups in total. The summed E-state index contributed by atoms with van der Waals surface area (Å²) >= 11 is 5.92. The van der Waals surface area contributed by atoms with Crippen LogP contribution in [0, 0.1) is 0 Å². The molecule has 1 aromatic heterocycles. The quantitative estimate of drug-likeness (QED) is 0.594. The number of hydrogen-bond acceptors (Lipinski definition) is 5. The number of hydrogen-bond donors (Lipinski definition) is 3. The van der Waals surface area contributed by atoms with Gasteiger partial charge in [-0.15, -0.1) is 0 Å². The highest BCUT2D eigenvalue weighted by Gasteiger charge is 2.09. The molecule has 0 saturated carbocycles. The smallest absolute Gasteiger partial charge is 0.255 e. The molecule has 2 rings (SSSR count). The van der Waals surface area contributed by atoms with Crippen LogP contribution in [0.15, 0.2) is 36.5 Å². The van der Waals surface area contributed by atoms with Gasteiger partial charge in [-0.3, -0.25) is 4.79 Å². The number of nitrogens with one attached hydrogen (secondary N) is 2. The van der Waals surface area contributed by atoms with Gasteiger partial charge in [0.05, 0.1) is 12.1 Å². The molecule has 1 amide bonds. The number of anilines is 2. The number of amides is 1. The minimum absolute atomic E-state index is 0.284. The van der Waals surface area contributed by atoms with Crippen molar-refractivity contribution in [3.8, 4) is 5.75 Å². The summed E-state index contributed by atoms with van der Waals surface area (Å²) in [6, 6.07) is 8.11. The molecular weight excluding hydrogens is 280 g/mol. The SMILES string of the molecule is COc1cc(NC(=O)c2ccnc(NN)c2)ccc1Cl. The molecule has 0 unspecified atom stereocenters. The lowest BCUT2D eigenvalue weighted by Crippen LogP contribution is -2.14. The number of aromatic nitrogens is 1. The topological polar surface area (TPSA) is 89.3 Å². The van der Waals surface area contributed by atoms with Gasteiger partial charge < -0.3 is 15.5 Å². The number of carbonyl (C=O) groups is 1. The van der Waals surface area contributed by atoms with Crippen molar-refractivity contribution in [2.24, 2.45) is 5.84 Å². The van der Waals surface area contributed by atoms with Crippen LogP contribution in [0.3, 0.4) is 0 Å². The molecule has 6 nitrogen and oxygen atoms in total. The standard InChI is InChI=1S/C13H13ClN4O2/c1-20-11-7-9(2-3-10(11)14)17-13(19)8-4-5-16-12(6-8)18-15/h2-7H,15H2,1H3,(H,16,18)(H,17,19). The van der Waals surface area contributed by atoms with Crippen LogP contribution in [0.25, 0.3) is 0 Å². The molecule has 0 aliphatic heterocycles. The Hall–Kier alpha value is -2.31. The minimum atomic E-state index is -0.284. The number of nitrogens with zero attached hydrogens (tertiary/aromatic N) is 1. The van der Waals surface area contributed by atoms with Crippen molar-refractivity contribution in [2.45, 2.75) is 0 Å². The monoisotopic (exact) mass is 292 g/mol. The lowest BCUT2D eigenvalue weighted by molar-refractivity contribution is 0.102. The predicted octanol–water partition coefficient (Wildman–Crippen LogP) is 2.28. The Labute approximate surface area is 120 Å². The lowest BCUT2D eigenvalue weighted by atomic mass is 10.2. The highest BCUT2D eigenvalue weighted by Crippen LogP contribution is 2.27. The van der Waals surface area contributed by atoms with Gasteiger partial charge in [-0.05, 0) is 24.3 Å². The van der Waals surface area contributed by atoms with E-state index in [1.165, 1.54) is 13.3 Å². The molecule has 2 aromatic rings. The molecule has 0 aliphatic carbocycles. The van der Waals surface area contributed by atoms with Crippen molar-refractivity contribution in [3.63, 3.8) is 0 Å². The fourth-order valence-electron chi connectivity index (χ4n) is 1.59. The zero-order valence-electron chi connectivity index (χ0n) is 10.7. The Balaban J connectivity index is 2.18. The van der Waals surface area contributed by atoms with Crippen LogP contribution < -0.4 is 21.3 Å². The summed E-state index contributed by atoms with van der Waals surface area (Å²) < 4.78 is 5.09. The van der Waals surface area contributed by atoms with Gasteiger partial charge in [-0.1, -0.05) is 11.6 Å². The molecule has 0 bridgehead atoms. The Morgan fingerprint density at radius 2 is 2.15 bits per heavy atom. The molecule has 0 atom stereocenters. The number of hydrazine groups is 1. The Morgan fingerprint density at radius 1 is 1.35 bits per heavy atom. The summed E-state index contributed by atoms with van der Waals surface area (Å²) in [4.78, 5) is 16.0. The first kappa shape index (κ1) is 14.1. The number of carbonyl (C=O) groups excluding carboxylic acids is 1. The number of pyridine rings is 1. The molecule has 104 valence electrons. The molecule has 0 fully saturated rings. The Bertz CT molecular complexity index is 634. The van der Waals surface area contributed by atoms with Crippen molar-refractivity contribution in [1.29, 1.82) is 0 Å². The number of methoxy groups -OCH3 is 1. The van der Waals surface area contributed by atoms with Gasteiger partial charge in [0.1, 0.15) is 11.6 Å². The molecular formula is C13H13ClN4O2. The Morgan fingerprint density at radius 3 is 2.85 bits per heavy atom. The van der Waals surface area contributed by atoms with Crippen LogP contribution in [-0.4, -0.2) is 18.0 Å². The zero-order valence-corrected chi connectivity index (χ0v) is 11.4. The summed E-state index contributed by atoms with van der Waals surface area (Å²) in [6.07, 6.45) is 1.49. The van der Waals surface area contributed by atoms with E-state index in [4.69, 9.17) is 22.2 Å². The predicted molar refractivity (Wildman–Crippen MR) is 78.0 cm³/mol. The largest absolute Gasteiger partial charge is 0.495 e. The second-order valence-electron chi connectivity index (χ2n) is 3.88. The number of rotatable bonds is 4. The minimum Gasteiger partial charge on any atom is -0.495 e. The van der Waals surface area contributed by atoms with E-state index >= 15 is 0 Å². The number of nitrogens with two attached hydrogens (primary N) is 1. The van der Waals surface area contributed by atoms with Crippen LogP contribution in [0.5, 0.6) is 5.75 Å². The highest BCUT2D eigenvalue weighted by molar-refractivity contribution is 6.32. The first-order chi connectivity index (χ1) is 9.63. The summed E-state index contributed by atoms with van der Waals surface area (Å²) in [5.74, 6) is 5.86. The summed E-state index contributed by atoms with van der Waals surface area (Å²) in [5, 5.41) is 3.21. The fourth-order valence-corrected chi connectivity index (χ4v) is 1.79. The molecule has 0 spiro atoms. The van der Waals surface area contributed by atoms with Crippen molar-refractivity contribution in [1.82, 2.24) is 4.98 Å². The van der Waals surface area contributed by atoms with Crippen LogP contribution in [-0.2, 0) is 0 Å². The van der Waals surface area contributed by atoms with Crippen LogP contribution >= 0.6 is 11.6 Å². The average molecular weight is 293 g/mol. The van der Waals surface area contributed by atoms with Crippen LogP contribution in [0.1, 0.15) is 10.4 Å². The molecule has 0 aliphatic rings. The first-order valence-corrected chi connectivity index (χ1v) is 6.09. The number of halogens is 1. The van der Waals surface area contributed by atoms with E-state index in [2.05, 4.69) is 15.7 Å². The van der Waals surface area contributed by atoms with Gasteiger partial charge in [-0.25, -0.2) is 10.8 Å². The third-order valence-corrected chi connectivity index (χ3v) is 2.89. The summed E-state index contributed by atoms with van der Waals surface area (Å²) in [6.45, 7) is 0. The van der Waals surface area contributed by atoms with Crippen molar-refractivity contribution < 1.29 is 9.53 Å². The van der Waals surface area contributed by atoms with E-state index < -0.39 is 0 Å². The van der Waals surface area contributed by atoms with Gasteiger partial charge in [0.15, 0.2) is 0 Å². The normalized spacial score (nSPS) is 9.95. The lowest BCUT2D eigenvalue weighted by Gasteiger charge is -2.09.